The van der Waals surface area contributed by atoms with E-state index in [1.54, 1.807) is 0 Å². The van der Waals surface area contributed by atoms with Crippen LogP contribution < -0.4 is 4.74 Å². The van der Waals surface area contributed by atoms with Crippen LogP contribution >= 0.6 is 0 Å². The predicted octanol–water partition coefficient (Wildman–Crippen LogP) is 4.28. The third-order valence-corrected chi connectivity index (χ3v) is 4.72. The molecule has 3 nitrogen and oxygen atoms in total. The van der Waals surface area contributed by atoms with Crippen LogP contribution in [0.1, 0.15) is 6.92 Å². The van der Waals surface area contributed by atoms with Gasteiger partial charge >= 0.3 is 23.3 Å². The number of hydrogen-bond acceptors (Lipinski definition) is 3. The molecule has 0 amide bonds. The van der Waals surface area contributed by atoms with Gasteiger partial charge in [-0.3, -0.25) is 0 Å². The molecule has 0 saturated heterocycles. The van der Waals surface area contributed by atoms with Crippen molar-refractivity contribution < 1.29 is 52.7 Å². The van der Waals surface area contributed by atoms with E-state index < -0.39 is 38.0 Å². The van der Waals surface area contributed by atoms with Crippen LogP contribution in [0.5, 0.6) is 5.75 Å². The molecular formula is C12H9F9O3S. The van der Waals surface area contributed by atoms with Crippen LogP contribution in [0.25, 0.3) is 0 Å². The summed E-state index contributed by atoms with van der Waals surface area (Å²) < 4.78 is 143. The van der Waals surface area contributed by atoms with Crippen molar-refractivity contribution in [2.45, 2.75) is 35.1 Å². The van der Waals surface area contributed by atoms with Crippen LogP contribution in [-0.2, 0) is 9.84 Å². The fourth-order valence-electron chi connectivity index (χ4n) is 1.56. The number of hydrogen-bond donors (Lipinski definition) is 0. The highest BCUT2D eigenvalue weighted by molar-refractivity contribution is 7.92. The lowest BCUT2D eigenvalue weighted by atomic mass is 10.1. The van der Waals surface area contributed by atoms with Crippen molar-refractivity contribution in [1.82, 2.24) is 0 Å². The molecule has 1 aromatic carbocycles. The summed E-state index contributed by atoms with van der Waals surface area (Å²) >= 11 is 0. The van der Waals surface area contributed by atoms with Gasteiger partial charge in [-0.25, -0.2) is 8.42 Å². The van der Waals surface area contributed by atoms with Crippen molar-refractivity contribution in [3.8, 4) is 5.75 Å². The molecule has 0 aliphatic rings. The van der Waals surface area contributed by atoms with E-state index in [0.29, 0.717) is 12.1 Å². The first-order valence-corrected chi connectivity index (χ1v) is 7.70. The van der Waals surface area contributed by atoms with Crippen LogP contribution in [0, 0.1) is 0 Å². The van der Waals surface area contributed by atoms with Crippen LogP contribution in [-0.4, -0.2) is 38.3 Å². The Morgan fingerprint density at radius 3 is 1.64 bits per heavy atom. The molecule has 13 heteroatoms. The van der Waals surface area contributed by atoms with E-state index in [1.807, 2.05) is 0 Å². The fraction of sp³-hybridized carbons (Fsp3) is 0.500. The molecule has 0 unspecified atom stereocenters. The normalized spacial score (nSPS) is 14.5. The molecule has 0 bridgehead atoms. The standard InChI is InChI=1S/C12H9F9O3S/c1-2-24-7-3-5-8(6-4-7)25(22,23)12(20,21)10(15,16)9(13,14)11(17,18)19/h3-6H,2H2,1H3. The Kier molecular flexibility index (Phi) is 5.35. The fourth-order valence-corrected chi connectivity index (χ4v) is 2.82. The van der Waals surface area contributed by atoms with E-state index in [1.165, 1.54) is 6.92 Å². The van der Waals surface area contributed by atoms with Crippen molar-refractivity contribution >= 4 is 9.84 Å². The number of rotatable bonds is 6. The molecule has 1 aromatic rings. The van der Waals surface area contributed by atoms with Gasteiger partial charge < -0.3 is 4.74 Å². The molecule has 0 aliphatic carbocycles. The van der Waals surface area contributed by atoms with Gasteiger partial charge in [-0.15, -0.1) is 0 Å². The second-order valence-electron chi connectivity index (χ2n) is 4.57. The minimum absolute atomic E-state index is 0.0676. The average molecular weight is 404 g/mol. The molecule has 0 aromatic heterocycles. The number of halogens is 9. The van der Waals surface area contributed by atoms with Crippen molar-refractivity contribution in [2.75, 3.05) is 6.61 Å². The summed E-state index contributed by atoms with van der Waals surface area (Å²) in [6.07, 6.45) is -7.10. The van der Waals surface area contributed by atoms with E-state index in [4.69, 9.17) is 4.74 Å². The first-order valence-electron chi connectivity index (χ1n) is 6.21. The predicted molar refractivity (Wildman–Crippen MR) is 65.7 cm³/mol. The third-order valence-electron chi connectivity index (χ3n) is 2.90. The van der Waals surface area contributed by atoms with Crippen LogP contribution in [0.15, 0.2) is 29.2 Å². The summed E-state index contributed by atoms with van der Waals surface area (Å²) in [5.41, 5.74) is 0. The summed E-state index contributed by atoms with van der Waals surface area (Å²) in [5, 5.41) is -6.74. The Morgan fingerprint density at radius 2 is 1.28 bits per heavy atom. The van der Waals surface area contributed by atoms with Crippen LogP contribution in [0.3, 0.4) is 0 Å². The smallest absolute Gasteiger partial charge is 0.460 e. The zero-order valence-corrected chi connectivity index (χ0v) is 12.9. The van der Waals surface area contributed by atoms with Gasteiger partial charge in [-0.05, 0) is 31.2 Å². The highest BCUT2D eigenvalue weighted by atomic mass is 32.2. The van der Waals surface area contributed by atoms with E-state index in [9.17, 15) is 47.9 Å². The van der Waals surface area contributed by atoms with E-state index in [2.05, 4.69) is 0 Å². The summed E-state index contributed by atoms with van der Waals surface area (Å²) in [7, 11) is -6.59. The van der Waals surface area contributed by atoms with Crippen molar-refractivity contribution in [2.24, 2.45) is 0 Å². The SMILES string of the molecule is CCOc1ccc(S(=O)(=O)C(F)(F)C(F)(F)C(F)(F)C(F)(F)F)cc1. The highest BCUT2D eigenvalue weighted by Gasteiger charge is 2.85. The monoisotopic (exact) mass is 404 g/mol. The number of alkyl halides is 9. The quantitative estimate of drug-likeness (QED) is 0.665. The van der Waals surface area contributed by atoms with Gasteiger partial charge in [0.15, 0.2) is 0 Å². The Labute approximate surface area is 135 Å². The number of sulfone groups is 1. The Balaban J connectivity index is 3.44. The molecular weight excluding hydrogens is 395 g/mol. The van der Waals surface area contributed by atoms with Crippen molar-refractivity contribution in [3.05, 3.63) is 24.3 Å². The van der Waals surface area contributed by atoms with Crippen molar-refractivity contribution in [1.29, 1.82) is 0 Å². The summed E-state index contributed by atoms with van der Waals surface area (Å²) in [6, 6.07) is 2.12. The lowest BCUT2D eigenvalue weighted by molar-refractivity contribution is -0.382. The highest BCUT2D eigenvalue weighted by Crippen LogP contribution is 2.55. The molecule has 144 valence electrons. The van der Waals surface area contributed by atoms with Crippen LogP contribution in [0.4, 0.5) is 39.5 Å². The topological polar surface area (TPSA) is 43.4 Å². The van der Waals surface area contributed by atoms with Gasteiger partial charge in [-0.1, -0.05) is 0 Å². The lowest BCUT2D eigenvalue weighted by Gasteiger charge is -2.33. The Hall–Kier alpha value is -1.66. The van der Waals surface area contributed by atoms with Crippen LogP contribution in [0.2, 0.25) is 0 Å². The molecule has 0 aliphatic heterocycles. The summed E-state index contributed by atoms with van der Waals surface area (Å²) in [4.78, 5) is -1.58. The molecule has 25 heavy (non-hydrogen) atoms. The second-order valence-corrected chi connectivity index (χ2v) is 6.56. The first kappa shape index (κ1) is 21.4. The maximum absolute atomic E-state index is 13.6. The van der Waals surface area contributed by atoms with Gasteiger partial charge in [0.1, 0.15) is 5.75 Å². The minimum Gasteiger partial charge on any atom is -0.494 e. The largest absolute Gasteiger partial charge is 0.494 e. The molecule has 0 saturated carbocycles. The first-order chi connectivity index (χ1) is 11.0. The minimum atomic E-state index is -7.29. The average Bonchev–Trinajstić information content (AvgIpc) is 2.46. The zero-order valence-electron chi connectivity index (χ0n) is 12.1. The van der Waals surface area contributed by atoms with Gasteiger partial charge in [-0.2, -0.15) is 39.5 Å². The zero-order chi connectivity index (χ0) is 19.9. The molecule has 0 N–H and O–H groups in total. The molecule has 0 radical (unpaired) electrons. The van der Waals surface area contributed by atoms with E-state index in [-0.39, 0.29) is 12.4 Å². The molecule has 0 spiro atoms. The number of ether oxygens (including phenoxy) is 1. The Morgan fingerprint density at radius 1 is 0.840 bits per heavy atom. The van der Waals surface area contributed by atoms with Gasteiger partial charge in [0, 0.05) is 0 Å². The van der Waals surface area contributed by atoms with Gasteiger partial charge in [0.05, 0.1) is 11.5 Å². The van der Waals surface area contributed by atoms with Crippen molar-refractivity contribution in [3.63, 3.8) is 0 Å². The number of benzene rings is 1. The maximum Gasteiger partial charge on any atom is 0.460 e. The third kappa shape index (κ3) is 3.25. The second kappa shape index (κ2) is 6.25. The maximum atomic E-state index is 13.6. The molecule has 0 heterocycles. The molecule has 1 rings (SSSR count). The van der Waals surface area contributed by atoms with Gasteiger partial charge in [0.25, 0.3) is 0 Å². The Bertz CT molecular complexity index is 708. The molecule has 0 fully saturated rings. The summed E-state index contributed by atoms with van der Waals surface area (Å²) in [5.74, 6) is -14.6. The van der Waals surface area contributed by atoms with E-state index >= 15 is 0 Å². The summed E-state index contributed by atoms with van der Waals surface area (Å²) in [6.45, 7) is 1.57. The lowest BCUT2D eigenvalue weighted by Crippen LogP contribution is -2.63. The van der Waals surface area contributed by atoms with E-state index in [0.717, 1.165) is 12.1 Å². The van der Waals surface area contributed by atoms with Gasteiger partial charge in [0.2, 0.25) is 9.84 Å². The molecule has 0 atom stereocenters.